The van der Waals surface area contributed by atoms with Crippen molar-refractivity contribution in [2.45, 2.75) is 13.8 Å². The highest BCUT2D eigenvalue weighted by Gasteiger charge is 2.19. The molecule has 2 amide bonds. The molecule has 0 unspecified atom stereocenters. The summed E-state index contributed by atoms with van der Waals surface area (Å²) in [5, 5.41) is 5.37. The highest BCUT2D eigenvalue weighted by atomic mass is 16.5. The minimum absolute atomic E-state index is 0.119. The second-order valence-electron chi connectivity index (χ2n) is 4.80. The molecule has 6 heteroatoms. The molecule has 1 aliphatic rings. The van der Waals surface area contributed by atoms with E-state index in [1.54, 1.807) is 6.08 Å². The van der Waals surface area contributed by atoms with Gasteiger partial charge in [0.15, 0.2) is 11.5 Å². The highest BCUT2D eigenvalue weighted by Crippen LogP contribution is 2.35. The predicted octanol–water partition coefficient (Wildman–Crippen LogP) is 1.11. The molecule has 0 fully saturated rings. The molecule has 0 saturated heterocycles. The molecule has 118 valence electrons. The second-order valence-corrected chi connectivity index (χ2v) is 4.80. The van der Waals surface area contributed by atoms with Gasteiger partial charge in [-0.2, -0.15) is 0 Å². The van der Waals surface area contributed by atoms with Crippen LogP contribution in [0.5, 0.6) is 11.5 Å². The van der Waals surface area contributed by atoms with E-state index in [9.17, 15) is 9.59 Å². The van der Waals surface area contributed by atoms with Crippen LogP contribution in [0, 0.1) is 0 Å². The van der Waals surface area contributed by atoms with E-state index in [2.05, 4.69) is 10.6 Å². The third-order valence-electron chi connectivity index (χ3n) is 3.09. The van der Waals surface area contributed by atoms with Gasteiger partial charge in [0.2, 0.25) is 5.91 Å². The zero-order valence-corrected chi connectivity index (χ0v) is 12.8. The van der Waals surface area contributed by atoms with Crippen molar-refractivity contribution in [3.05, 3.63) is 29.3 Å². The van der Waals surface area contributed by atoms with Crippen molar-refractivity contribution in [1.29, 1.82) is 0 Å². The average molecular weight is 304 g/mol. The molecule has 0 aromatic heterocycles. The van der Waals surface area contributed by atoms with Gasteiger partial charge in [-0.15, -0.1) is 0 Å². The van der Waals surface area contributed by atoms with Crippen LogP contribution in [-0.2, 0) is 9.59 Å². The van der Waals surface area contributed by atoms with Crippen LogP contribution in [0.25, 0.3) is 6.08 Å². The predicted molar refractivity (Wildman–Crippen MR) is 82.8 cm³/mol. The first kappa shape index (κ1) is 15.9. The van der Waals surface area contributed by atoms with Gasteiger partial charge < -0.3 is 20.1 Å². The van der Waals surface area contributed by atoms with E-state index in [0.29, 0.717) is 36.8 Å². The summed E-state index contributed by atoms with van der Waals surface area (Å²) in [5.74, 6) is 1.03. The Kier molecular flexibility index (Phi) is 5.41. The van der Waals surface area contributed by atoms with E-state index in [4.69, 9.17) is 9.47 Å². The minimum Gasteiger partial charge on any atom is -0.490 e. The smallest absolute Gasteiger partial charge is 0.250 e. The Bertz CT molecular complexity index is 596. The maximum Gasteiger partial charge on any atom is 0.250 e. The van der Waals surface area contributed by atoms with Gasteiger partial charge in [-0.1, -0.05) is 12.1 Å². The first-order valence-electron chi connectivity index (χ1n) is 7.23. The molecular formula is C16H20N2O4. The number of para-hydroxylation sites is 1. The fourth-order valence-corrected chi connectivity index (χ4v) is 2.11. The Balaban J connectivity index is 2.00. The Morgan fingerprint density at radius 2 is 2.05 bits per heavy atom. The lowest BCUT2D eigenvalue weighted by Crippen LogP contribution is -2.35. The van der Waals surface area contributed by atoms with E-state index >= 15 is 0 Å². The number of ether oxygens (including phenoxy) is 2. The summed E-state index contributed by atoms with van der Waals surface area (Å²) in [7, 11) is 0. The third-order valence-corrected chi connectivity index (χ3v) is 3.09. The van der Waals surface area contributed by atoms with Gasteiger partial charge in [0.25, 0.3) is 5.91 Å². The summed E-state index contributed by atoms with van der Waals surface area (Å²) in [5.41, 5.74) is 1.37. The molecule has 0 aliphatic carbocycles. The number of carbonyl (C=O) groups excluding carboxylic acids is 2. The maximum absolute atomic E-state index is 12.1. The van der Waals surface area contributed by atoms with Gasteiger partial charge in [0, 0.05) is 25.6 Å². The van der Waals surface area contributed by atoms with Crippen LogP contribution in [0.15, 0.2) is 23.8 Å². The van der Waals surface area contributed by atoms with E-state index in [-0.39, 0.29) is 18.4 Å². The molecule has 0 atom stereocenters. The first-order chi connectivity index (χ1) is 10.6. The van der Waals surface area contributed by atoms with Crippen LogP contribution in [0.1, 0.15) is 19.4 Å². The molecule has 1 aromatic rings. The number of fused-ring (bicyclic) bond motifs is 1. The first-order valence-corrected chi connectivity index (χ1v) is 7.23. The van der Waals surface area contributed by atoms with Crippen molar-refractivity contribution < 1.29 is 19.1 Å². The second kappa shape index (κ2) is 7.49. The van der Waals surface area contributed by atoms with Crippen molar-refractivity contribution in [3.63, 3.8) is 0 Å². The molecule has 1 aliphatic heterocycles. The van der Waals surface area contributed by atoms with Crippen LogP contribution < -0.4 is 20.1 Å². The van der Waals surface area contributed by atoms with Crippen LogP contribution in [0.3, 0.4) is 0 Å². The van der Waals surface area contributed by atoms with Gasteiger partial charge in [-0.05, 0) is 19.1 Å². The lowest BCUT2D eigenvalue weighted by molar-refractivity contribution is -0.120. The fraction of sp³-hybridized carbons (Fsp3) is 0.375. The SMILES string of the molecule is CCOc1cccc2c1OCC(C(=O)NCCNC(C)=O)=C2. The van der Waals surface area contributed by atoms with Gasteiger partial charge >= 0.3 is 0 Å². The Morgan fingerprint density at radius 1 is 1.27 bits per heavy atom. The van der Waals surface area contributed by atoms with Crippen molar-refractivity contribution in [2.75, 3.05) is 26.3 Å². The molecule has 6 nitrogen and oxygen atoms in total. The number of hydrogen-bond acceptors (Lipinski definition) is 4. The van der Waals surface area contributed by atoms with Crippen LogP contribution in [0.2, 0.25) is 0 Å². The van der Waals surface area contributed by atoms with Crippen molar-refractivity contribution >= 4 is 17.9 Å². The summed E-state index contributed by atoms with van der Waals surface area (Å²) in [6.45, 7) is 4.88. The number of benzene rings is 1. The Labute approximate surface area is 129 Å². The zero-order valence-electron chi connectivity index (χ0n) is 12.8. The normalized spacial score (nSPS) is 12.5. The Hall–Kier alpha value is -2.50. The van der Waals surface area contributed by atoms with Crippen molar-refractivity contribution in [3.8, 4) is 11.5 Å². The lowest BCUT2D eigenvalue weighted by Gasteiger charge is -2.20. The molecule has 1 heterocycles. The molecule has 0 bridgehead atoms. The molecular weight excluding hydrogens is 284 g/mol. The number of hydrogen-bond donors (Lipinski definition) is 2. The number of carbonyl (C=O) groups is 2. The summed E-state index contributed by atoms with van der Waals surface area (Å²) in [4.78, 5) is 22.8. The lowest BCUT2D eigenvalue weighted by atomic mass is 10.1. The quantitative estimate of drug-likeness (QED) is 0.772. The van der Waals surface area contributed by atoms with Gasteiger partial charge in [-0.25, -0.2) is 0 Å². The number of rotatable bonds is 6. The fourth-order valence-electron chi connectivity index (χ4n) is 2.11. The molecule has 0 saturated carbocycles. The zero-order chi connectivity index (χ0) is 15.9. The Morgan fingerprint density at radius 3 is 2.77 bits per heavy atom. The maximum atomic E-state index is 12.1. The molecule has 1 aromatic carbocycles. The average Bonchev–Trinajstić information content (AvgIpc) is 2.51. The highest BCUT2D eigenvalue weighted by molar-refractivity contribution is 5.99. The van der Waals surface area contributed by atoms with Crippen LogP contribution >= 0.6 is 0 Å². The summed E-state index contributed by atoms with van der Waals surface area (Å²) >= 11 is 0. The molecule has 22 heavy (non-hydrogen) atoms. The summed E-state index contributed by atoms with van der Waals surface area (Å²) in [6.07, 6.45) is 1.80. The third kappa shape index (κ3) is 4.00. The van der Waals surface area contributed by atoms with E-state index in [1.165, 1.54) is 6.92 Å². The van der Waals surface area contributed by atoms with Gasteiger partial charge in [0.1, 0.15) is 6.61 Å². The number of amides is 2. The summed E-state index contributed by atoms with van der Waals surface area (Å²) in [6, 6.07) is 5.58. The van der Waals surface area contributed by atoms with Crippen LogP contribution in [-0.4, -0.2) is 38.1 Å². The van der Waals surface area contributed by atoms with Gasteiger partial charge in [0.05, 0.1) is 12.2 Å². The standard InChI is InChI=1S/C16H20N2O4/c1-3-21-14-6-4-5-12-9-13(10-22-15(12)14)16(20)18-8-7-17-11(2)19/h4-6,9H,3,7-8,10H2,1-2H3,(H,17,19)(H,18,20). The van der Waals surface area contributed by atoms with Crippen molar-refractivity contribution in [1.82, 2.24) is 10.6 Å². The molecule has 0 spiro atoms. The monoisotopic (exact) mass is 304 g/mol. The topological polar surface area (TPSA) is 76.7 Å². The van der Waals surface area contributed by atoms with Gasteiger partial charge in [-0.3, -0.25) is 9.59 Å². The molecule has 2 rings (SSSR count). The van der Waals surface area contributed by atoms with E-state index < -0.39 is 0 Å². The minimum atomic E-state index is -0.196. The van der Waals surface area contributed by atoms with Crippen LogP contribution in [0.4, 0.5) is 0 Å². The molecule has 2 N–H and O–H groups in total. The summed E-state index contributed by atoms with van der Waals surface area (Å²) < 4.78 is 11.2. The largest absolute Gasteiger partial charge is 0.490 e. The van der Waals surface area contributed by atoms with E-state index in [0.717, 1.165) is 5.56 Å². The number of nitrogens with one attached hydrogen (secondary N) is 2. The van der Waals surface area contributed by atoms with E-state index in [1.807, 2.05) is 25.1 Å². The van der Waals surface area contributed by atoms with Crippen molar-refractivity contribution in [2.24, 2.45) is 0 Å². The molecule has 0 radical (unpaired) electrons.